The van der Waals surface area contributed by atoms with Gasteiger partial charge in [0.1, 0.15) is 4.32 Å². The molecule has 2 heterocycles. The molecule has 2 saturated heterocycles. The molecule has 2 aliphatic heterocycles. The van der Waals surface area contributed by atoms with Gasteiger partial charge in [0.25, 0.3) is 0 Å². The summed E-state index contributed by atoms with van der Waals surface area (Å²) in [6.45, 7) is 2.80. The third-order valence-corrected chi connectivity index (χ3v) is 5.50. The highest BCUT2D eigenvalue weighted by atomic mass is 32.2. The maximum atomic E-state index is 12.6. The monoisotopic (exact) mass is 350 g/mol. The summed E-state index contributed by atoms with van der Waals surface area (Å²) in [5.74, 6) is -0.0611. The van der Waals surface area contributed by atoms with Gasteiger partial charge >= 0.3 is 0 Å². The highest BCUT2D eigenvalue weighted by Crippen LogP contribution is 2.31. The fraction of sp³-hybridized carbons (Fsp3) is 0.438. The predicted molar refractivity (Wildman–Crippen MR) is 93.0 cm³/mol. The number of thiocarbonyl (C=S) groups is 1. The SMILES string of the molecule is O=C(CC1SC(=S)N(Cc2ccccc2)C1=O)N1CCOCC1. The molecule has 23 heavy (non-hydrogen) atoms. The Labute approximate surface area is 145 Å². The Bertz CT molecular complexity index is 603. The van der Waals surface area contributed by atoms with E-state index in [0.717, 1.165) is 5.56 Å². The fourth-order valence-electron chi connectivity index (χ4n) is 2.64. The van der Waals surface area contributed by atoms with Crippen molar-refractivity contribution in [3.63, 3.8) is 0 Å². The number of nitrogens with zero attached hydrogens (tertiary/aromatic N) is 2. The fourth-order valence-corrected chi connectivity index (χ4v) is 4.12. The van der Waals surface area contributed by atoms with Crippen molar-refractivity contribution in [2.24, 2.45) is 0 Å². The molecule has 1 unspecified atom stereocenters. The highest BCUT2D eigenvalue weighted by molar-refractivity contribution is 8.24. The zero-order valence-corrected chi connectivity index (χ0v) is 14.3. The van der Waals surface area contributed by atoms with E-state index in [1.54, 1.807) is 9.80 Å². The Morgan fingerprint density at radius 3 is 2.65 bits per heavy atom. The standard InChI is InChI=1S/C16H18N2O3S2/c19-14(17-6-8-21-9-7-17)10-13-15(20)18(16(22)23-13)11-12-4-2-1-3-5-12/h1-5,13H,6-11H2. The Kier molecular flexibility index (Phi) is 5.30. The van der Waals surface area contributed by atoms with Gasteiger partial charge in [-0.25, -0.2) is 0 Å². The van der Waals surface area contributed by atoms with Crippen LogP contribution in [0.25, 0.3) is 0 Å². The number of carbonyl (C=O) groups is 2. The lowest BCUT2D eigenvalue weighted by Gasteiger charge is -2.27. The second-order valence-electron chi connectivity index (χ2n) is 5.48. The van der Waals surface area contributed by atoms with Crippen LogP contribution in [0.4, 0.5) is 0 Å². The minimum atomic E-state index is -0.401. The summed E-state index contributed by atoms with van der Waals surface area (Å²) in [4.78, 5) is 28.2. The average Bonchev–Trinajstić information content (AvgIpc) is 2.84. The molecule has 0 aliphatic carbocycles. The summed E-state index contributed by atoms with van der Waals surface area (Å²) < 4.78 is 5.80. The zero-order chi connectivity index (χ0) is 16.2. The molecule has 2 aliphatic rings. The average molecular weight is 350 g/mol. The van der Waals surface area contributed by atoms with Gasteiger partial charge in [-0.1, -0.05) is 54.3 Å². The van der Waals surface area contributed by atoms with Crippen molar-refractivity contribution in [3.8, 4) is 0 Å². The van der Waals surface area contributed by atoms with Gasteiger partial charge in [-0.15, -0.1) is 0 Å². The number of thioether (sulfide) groups is 1. The molecular formula is C16H18N2O3S2. The van der Waals surface area contributed by atoms with Gasteiger partial charge in [-0.05, 0) is 5.56 Å². The van der Waals surface area contributed by atoms with Crippen LogP contribution in [0.1, 0.15) is 12.0 Å². The molecule has 1 atom stereocenters. The maximum absolute atomic E-state index is 12.6. The number of benzene rings is 1. The van der Waals surface area contributed by atoms with Crippen molar-refractivity contribution in [3.05, 3.63) is 35.9 Å². The molecule has 0 N–H and O–H groups in total. The van der Waals surface area contributed by atoms with E-state index in [2.05, 4.69) is 0 Å². The topological polar surface area (TPSA) is 49.9 Å². The number of amides is 2. The molecule has 1 aromatic rings. The number of carbonyl (C=O) groups excluding carboxylic acids is 2. The maximum Gasteiger partial charge on any atom is 0.242 e. The Morgan fingerprint density at radius 2 is 1.96 bits per heavy atom. The summed E-state index contributed by atoms with van der Waals surface area (Å²) in [6.07, 6.45) is 0.203. The van der Waals surface area contributed by atoms with Crippen LogP contribution in [-0.4, -0.2) is 57.5 Å². The van der Waals surface area contributed by atoms with Crippen molar-refractivity contribution < 1.29 is 14.3 Å². The van der Waals surface area contributed by atoms with Crippen LogP contribution < -0.4 is 0 Å². The zero-order valence-electron chi connectivity index (χ0n) is 12.6. The quantitative estimate of drug-likeness (QED) is 0.773. The van der Waals surface area contributed by atoms with Crippen LogP contribution in [0.2, 0.25) is 0 Å². The van der Waals surface area contributed by atoms with Gasteiger partial charge in [0.15, 0.2) is 0 Å². The van der Waals surface area contributed by atoms with E-state index in [-0.39, 0.29) is 18.2 Å². The van der Waals surface area contributed by atoms with Gasteiger partial charge in [-0.3, -0.25) is 14.5 Å². The minimum Gasteiger partial charge on any atom is -0.378 e. The van der Waals surface area contributed by atoms with Gasteiger partial charge < -0.3 is 9.64 Å². The van der Waals surface area contributed by atoms with Crippen molar-refractivity contribution in [2.75, 3.05) is 26.3 Å². The normalized spacial score (nSPS) is 21.8. The molecule has 0 radical (unpaired) electrons. The van der Waals surface area contributed by atoms with E-state index in [4.69, 9.17) is 17.0 Å². The number of hydrogen-bond donors (Lipinski definition) is 0. The third kappa shape index (κ3) is 3.91. The van der Waals surface area contributed by atoms with Crippen molar-refractivity contribution in [1.29, 1.82) is 0 Å². The van der Waals surface area contributed by atoms with Crippen LogP contribution in [0.15, 0.2) is 30.3 Å². The second kappa shape index (κ2) is 7.42. The summed E-state index contributed by atoms with van der Waals surface area (Å²) in [5, 5.41) is -0.401. The summed E-state index contributed by atoms with van der Waals surface area (Å²) in [7, 11) is 0. The molecule has 0 aromatic heterocycles. The van der Waals surface area contributed by atoms with Crippen LogP contribution in [0.5, 0.6) is 0 Å². The van der Waals surface area contributed by atoms with E-state index >= 15 is 0 Å². The lowest BCUT2D eigenvalue weighted by Crippen LogP contribution is -2.42. The molecule has 5 nitrogen and oxygen atoms in total. The van der Waals surface area contributed by atoms with Gasteiger partial charge in [0.2, 0.25) is 11.8 Å². The molecule has 2 fully saturated rings. The summed E-state index contributed by atoms with van der Waals surface area (Å²) in [5.41, 5.74) is 1.03. The lowest BCUT2D eigenvalue weighted by molar-refractivity contribution is -0.137. The Hall–Kier alpha value is -1.44. The molecule has 3 rings (SSSR count). The first kappa shape index (κ1) is 16.4. The Balaban J connectivity index is 1.60. The van der Waals surface area contributed by atoms with E-state index in [0.29, 0.717) is 37.2 Å². The lowest BCUT2D eigenvalue weighted by atomic mass is 10.2. The largest absolute Gasteiger partial charge is 0.378 e. The number of ether oxygens (including phenoxy) is 1. The number of morpholine rings is 1. The van der Waals surface area contributed by atoms with E-state index < -0.39 is 5.25 Å². The van der Waals surface area contributed by atoms with Gasteiger partial charge in [-0.2, -0.15) is 0 Å². The minimum absolute atomic E-state index is 0.00325. The van der Waals surface area contributed by atoms with Crippen LogP contribution in [-0.2, 0) is 20.9 Å². The van der Waals surface area contributed by atoms with Crippen LogP contribution >= 0.6 is 24.0 Å². The van der Waals surface area contributed by atoms with E-state index in [1.165, 1.54) is 11.8 Å². The third-order valence-electron chi connectivity index (χ3n) is 3.91. The number of hydrogen-bond acceptors (Lipinski definition) is 5. The van der Waals surface area contributed by atoms with Gasteiger partial charge in [0, 0.05) is 19.5 Å². The molecule has 122 valence electrons. The van der Waals surface area contributed by atoms with Crippen molar-refractivity contribution >= 4 is 40.1 Å². The first-order valence-electron chi connectivity index (χ1n) is 7.56. The molecule has 7 heteroatoms. The van der Waals surface area contributed by atoms with E-state index in [9.17, 15) is 9.59 Å². The van der Waals surface area contributed by atoms with E-state index in [1.807, 2.05) is 30.3 Å². The molecule has 0 spiro atoms. The van der Waals surface area contributed by atoms with Crippen molar-refractivity contribution in [1.82, 2.24) is 9.80 Å². The molecule has 2 amide bonds. The van der Waals surface area contributed by atoms with Crippen LogP contribution in [0, 0.1) is 0 Å². The highest BCUT2D eigenvalue weighted by Gasteiger charge is 2.38. The molecule has 0 saturated carbocycles. The van der Waals surface area contributed by atoms with Crippen LogP contribution in [0.3, 0.4) is 0 Å². The Morgan fingerprint density at radius 1 is 1.26 bits per heavy atom. The molecular weight excluding hydrogens is 332 g/mol. The predicted octanol–water partition coefficient (Wildman–Crippen LogP) is 1.66. The smallest absolute Gasteiger partial charge is 0.242 e. The first-order chi connectivity index (χ1) is 11.1. The summed E-state index contributed by atoms with van der Waals surface area (Å²) >= 11 is 6.65. The molecule has 0 bridgehead atoms. The summed E-state index contributed by atoms with van der Waals surface area (Å²) in [6, 6.07) is 9.74. The second-order valence-corrected chi connectivity index (χ2v) is 7.32. The van der Waals surface area contributed by atoms with Gasteiger partial charge in [0.05, 0.1) is 25.0 Å². The number of rotatable bonds is 4. The molecule has 1 aromatic carbocycles. The van der Waals surface area contributed by atoms with Crippen molar-refractivity contribution in [2.45, 2.75) is 18.2 Å². The first-order valence-corrected chi connectivity index (χ1v) is 8.85.